The minimum atomic E-state index is -0.566. The van der Waals surface area contributed by atoms with Gasteiger partial charge in [-0.05, 0) is 22.0 Å². The Morgan fingerprint density at radius 2 is 1.19 bits per heavy atom. The van der Waals surface area contributed by atoms with Crippen LogP contribution in [0.2, 0.25) is 0 Å². The van der Waals surface area contributed by atoms with Crippen molar-refractivity contribution in [3.8, 4) is 0 Å². The first-order valence-electron chi connectivity index (χ1n) is 8.97. The van der Waals surface area contributed by atoms with Crippen molar-refractivity contribution in [2.24, 2.45) is 22.3 Å². The van der Waals surface area contributed by atoms with E-state index in [1.807, 2.05) is 65.8 Å². The third kappa shape index (κ3) is 6.77. The Hall–Kier alpha value is -1.92. The molecule has 6 heteroatoms. The van der Waals surface area contributed by atoms with Crippen LogP contribution in [0.4, 0.5) is 0 Å². The van der Waals surface area contributed by atoms with Crippen molar-refractivity contribution in [2.75, 3.05) is 0 Å². The third-order valence-corrected chi connectivity index (χ3v) is 4.36. The Morgan fingerprint density at radius 3 is 1.50 bits per heavy atom. The highest BCUT2D eigenvalue weighted by Gasteiger charge is 2.28. The molecule has 6 nitrogen and oxygen atoms in total. The minimum Gasteiger partial charge on any atom is -0.351 e. The Bertz CT molecular complexity index is 578. The normalized spacial score (nSPS) is 14.5. The Balaban J connectivity index is 2.61. The van der Waals surface area contributed by atoms with E-state index in [4.69, 9.17) is 11.5 Å². The molecule has 0 aliphatic carbocycles. The second-order valence-corrected chi connectivity index (χ2v) is 8.94. The summed E-state index contributed by atoms with van der Waals surface area (Å²) in [4.78, 5) is 24.2. The molecule has 0 bridgehead atoms. The van der Waals surface area contributed by atoms with Gasteiger partial charge in [0.15, 0.2) is 0 Å². The van der Waals surface area contributed by atoms with E-state index in [0.717, 1.165) is 11.1 Å². The number of nitrogens with one attached hydrogen (secondary N) is 2. The number of carbonyl (C=O) groups is 2. The van der Waals surface area contributed by atoms with E-state index in [1.54, 1.807) is 0 Å². The van der Waals surface area contributed by atoms with Gasteiger partial charge in [0.1, 0.15) is 0 Å². The maximum Gasteiger partial charge on any atom is 0.237 e. The third-order valence-electron chi connectivity index (χ3n) is 4.36. The summed E-state index contributed by atoms with van der Waals surface area (Å²) in [6, 6.07) is 6.57. The van der Waals surface area contributed by atoms with Crippen molar-refractivity contribution in [2.45, 2.75) is 66.7 Å². The zero-order chi connectivity index (χ0) is 20.1. The van der Waals surface area contributed by atoms with E-state index in [1.165, 1.54) is 0 Å². The van der Waals surface area contributed by atoms with E-state index >= 15 is 0 Å². The summed E-state index contributed by atoms with van der Waals surface area (Å²) >= 11 is 0. The van der Waals surface area contributed by atoms with E-state index in [0.29, 0.717) is 13.1 Å². The molecule has 0 aromatic heterocycles. The van der Waals surface area contributed by atoms with Crippen LogP contribution in [0, 0.1) is 10.8 Å². The largest absolute Gasteiger partial charge is 0.351 e. The number of amides is 2. The summed E-state index contributed by atoms with van der Waals surface area (Å²) in [5.74, 6) is -0.347. The average molecular weight is 363 g/mol. The summed E-state index contributed by atoms with van der Waals surface area (Å²) in [5.41, 5.74) is 13.2. The fourth-order valence-electron chi connectivity index (χ4n) is 2.23. The second kappa shape index (κ2) is 8.64. The molecule has 0 radical (unpaired) electrons. The smallest absolute Gasteiger partial charge is 0.237 e. The number of hydrogen-bond acceptors (Lipinski definition) is 4. The molecule has 0 saturated heterocycles. The second-order valence-electron chi connectivity index (χ2n) is 8.94. The van der Waals surface area contributed by atoms with Gasteiger partial charge in [-0.1, -0.05) is 65.8 Å². The molecule has 2 atom stereocenters. The number of carbonyl (C=O) groups excluding carboxylic acids is 2. The first-order chi connectivity index (χ1) is 11.8. The molecule has 2 amide bonds. The maximum atomic E-state index is 12.1. The van der Waals surface area contributed by atoms with Gasteiger partial charge >= 0.3 is 0 Å². The van der Waals surface area contributed by atoms with Crippen LogP contribution in [-0.4, -0.2) is 23.9 Å². The number of benzene rings is 1. The van der Waals surface area contributed by atoms with Crippen molar-refractivity contribution in [3.05, 3.63) is 35.4 Å². The predicted octanol–water partition coefficient (Wildman–Crippen LogP) is 1.67. The zero-order valence-corrected chi connectivity index (χ0v) is 16.8. The molecule has 6 N–H and O–H groups in total. The number of nitrogens with two attached hydrogens (primary N) is 2. The van der Waals surface area contributed by atoms with Gasteiger partial charge in [-0.3, -0.25) is 9.59 Å². The van der Waals surface area contributed by atoms with Gasteiger partial charge in [0.05, 0.1) is 12.1 Å². The first kappa shape index (κ1) is 22.1. The van der Waals surface area contributed by atoms with Crippen molar-refractivity contribution >= 4 is 11.8 Å². The lowest BCUT2D eigenvalue weighted by molar-refractivity contribution is -0.125. The summed E-state index contributed by atoms with van der Waals surface area (Å²) in [7, 11) is 0. The van der Waals surface area contributed by atoms with Gasteiger partial charge in [-0.25, -0.2) is 0 Å². The highest BCUT2D eigenvalue weighted by Crippen LogP contribution is 2.18. The SMILES string of the molecule is CC(C)(C)C(N)C(=O)NCc1cccc(CNC(=O)C(N)C(C)(C)C)c1. The van der Waals surface area contributed by atoms with E-state index in [-0.39, 0.29) is 22.6 Å². The summed E-state index contributed by atoms with van der Waals surface area (Å²) < 4.78 is 0. The minimum absolute atomic E-state index is 0.174. The lowest BCUT2D eigenvalue weighted by Crippen LogP contribution is -2.48. The van der Waals surface area contributed by atoms with E-state index < -0.39 is 12.1 Å². The average Bonchev–Trinajstić information content (AvgIpc) is 2.54. The Labute approximate surface area is 157 Å². The molecule has 0 saturated carbocycles. The monoisotopic (exact) mass is 362 g/mol. The summed E-state index contributed by atoms with van der Waals surface area (Å²) in [5, 5.41) is 5.73. The summed E-state index contributed by atoms with van der Waals surface area (Å²) in [6.45, 7) is 12.4. The van der Waals surface area contributed by atoms with Gasteiger partial charge in [0.25, 0.3) is 0 Å². The highest BCUT2D eigenvalue weighted by molar-refractivity contribution is 5.82. The van der Waals surface area contributed by atoms with Crippen LogP contribution in [0.1, 0.15) is 52.7 Å². The zero-order valence-electron chi connectivity index (χ0n) is 16.8. The number of hydrogen-bond donors (Lipinski definition) is 4. The van der Waals surface area contributed by atoms with Crippen LogP contribution in [0.15, 0.2) is 24.3 Å². The molecular formula is C20H34N4O2. The molecule has 1 aromatic rings. The summed E-state index contributed by atoms with van der Waals surface area (Å²) in [6.07, 6.45) is 0. The Morgan fingerprint density at radius 1 is 0.846 bits per heavy atom. The van der Waals surface area contributed by atoms with Crippen LogP contribution in [0.25, 0.3) is 0 Å². The van der Waals surface area contributed by atoms with E-state index in [9.17, 15) is 9.59 Å². The lowest BCUT2D eigenvalue weighted by Gasteiger charge is -2.26. The maximum absolute atomic E-state index is 12.1. The van der Waals surface area contributed by atoms with Gasteiger partial charge in [-0.2, -0.15) is 0 Å². The van der Waals surface area contributed by atoms with Crippen molar-refractivity contribution in [1.82, 2.24) is 10.6 Å². The molecule has 1 rings (SSSR count). The topological polar surface area (TPSA) is 110 Å². The standard InChI is InChI=1S/C20H34N4O2/c1-19(2,3)15(21)17(25)23-11-13-8-7-9-14(10-13)12-24-18(26)16(22)20(4,5)6/h7-10,15-16H,11-12,21-22H2,1-6H3,(H,23,25)(H,24,26). The Kier molecular flexibility index (Phi) is 7.35. The molecule has 2 unspecified atom stereocenters. The molecule has 146 valence electrons. The first-order valence-corrected chi connectivity index (χ1v) is 8.97. The van der Waals surface area contributed by atoms with Crippen LogP contribution in [0.3, 0.4) is 0 Å². The molecule has 26 heavy (non-hydrogen) atoms. The van der Waals surface area contributed by atoms with Crippen LogP contribution >= 0.6 is 0 Å². The highest BCUT2D eigenvalue weighted by atomic mass is 16.2. The fraction of sp³-hybridized carbons (Fsp3) is 0.600. The molecule has 1 aromatic carbocycles. The number of rotatable bonds is 6. The van der Waals surface area contributed by atoms with Crippen molar-refractivity contribution in [1.29, 1.82) is 0 Å². The predicted molar refractivity (Wildman–Crippen MR) is 105 cm³/mol. The van der Waals surface area contributed by atoms with Crippen LogP contribution < -0.4 is 22.1 Å². The molecule has 0 heterocycles. The molecule has 0 fully saturated rings. The van der Waals surface area contributed by atoms with Gasteiger partial charge in [0.2, 0.25) is 11.8 Å². The lowest BCUT2D eigenvalue weighted by atomic mass is 9.87. The quantitative estimate of drug-likeness (QED) is 0.617. The fourth-order valence-corrected chi connectivity index (χ4v) is 2.23. The molecular weight excluding hydrogens is 328 g/mol. The van der Waals surface area contributed by atoms with Gasteiger partial charge in [0, 0.05) is 13.1 Å². The van der Waals surface area contributed by atoms with Crippen molar-refractivity contribution in [3.63, 3.8) is 0 Å². The van der Waals surface area contributed by atoms with Gasteiger partial charge in [-0.15, -0.1) is 0 Å². The van der Waals surface area contributed by atoms with Gasteiger partial charge < -0.3 is 22.1 Å². The molecule has 0 spiro atoms. The molecule has 0 aliphatic rings. The van der Waals surface area contributed by atoms with Crippen LogP contribution in [-0.2, 0) is 22.7 Å². The van der Waals surface area contributed by atoms with E-state index in [2.05, 4.69) is 10.6 Å². The molecule has 0 aliphatic heterocycles. The van der Waals surface area contributed by atoms with Crippen molar-refractivity contribution < 1.29 is 9.59 Å². The van der Waals surface area contributed by atoms with Crippen LogP contribution in [0.5, 0.6) is 0 Å².